The molecule has 0 atom stereocenters. The van der Waals surface area contributed by atoms with Gasteiger partial charge in [0.25, 0.3) is 0 Å². The Kier molecular flexibility index (Phi) is 6.87. The van der Waals surface area contributed by atoms with E-state index in [1.54, 1.807) is 4.90 Å². The average Bonchev–Trinajstić information content (AvgIpc) is 2.30. The standard InChI is InChI=1S/C13H17Cl2N3O3/c1-8(2)5-18(7-12(20)21)6-11(19)17-13-10(15)3-9(14)4-16-13/h3-4,8H,5-7H2,1-2H3,(H,20,21)(H,16,17,19). The van der Waals surface area contributed by atoms with Crippen molar-refractivity contribution in [3.63, 3.8) is 0 Å². The number of carboxylic acids is 1. The molecule has 2 N–H and O–H groups in total. The Labute approximate surface area is 133 Å². The van der Waals surface area contributed by atoms with Crippen molar-refractivity contribution in [2.75, 3.05) is 25.0 Å². The molecule has 1 heterocycles. The fraction of sp³-hybridized carbons (Fsp3) is 0.462. The Morgan fingerprint density at radius 3 is 2.57 bits per heavy atom. The van der Waals surface area contributed by atoms with Crippen molar-refractivity contribution in [2.24, 2.45) is 5.92 Å². The van der Waals surface area contributed by atoms with Gasteiger partial charge in [-0.1, -0.05) is 37.0 Å². The second-order valence-electron chi connectivity index (χ2n) is 4.99. The molecule has 0 bridgehead atoms. The molecule has 21 heavy (non-hydrogen) atoms. The van der Waals surface area contributed by atoms with E-state index in [2.05, 4.69) is 10.3 Å². The normalized spacial score (nSPS) is 11.0. The Morgan fingerprint density at radius 1 is 1.38 bits per heavy atom. The van der Waals surface area contributed by atoms with Crippen molar-refractivity contribution in [2.45, 2.75) is 13.8 Å². The molecule has 1 aromatic heterocycles. The molecular weight excluding hydrogens is 317 g/mol. The number of carbonyl (C=O) groups excluding carboxylic acids is 1. The van der Waals surface area contributed by atoms with Crippen LogP contribution in [0.1, 0.15) is 13.8 Å². The van der Waals surface area contributed by atoms with E-state index in [4.69, 9.17) is 28.3 Å². The SMILES string of the molecule is CC(C)CN(CC(=O)O)CC(=O)Nc1ncc(Cl)cc1Cl. The number of hydrogen-bond donors (Lipinski definition) is 2. The molecule has 0 aliphatic heterocycles. The highest BCUT2D eigenvalue weighted by atomic mass is 35.5. The summed E-state index contributed by atoms with van der Waals surface area (Å²) in [7, 11) is 0. The van der Waals surface area contributed by atoms with Crippen LogP contribution in [-0.2, 0) is 9.59 Å². The van der Waals surface area contributed by atoms with Crippen molar-refractivity contribution in [1.82, 2.24) is 9.88 Å². The van der Waals surface area contributed by atoms with E-state index in [0.717, 1.165) is 0 Å². The number of anilines is 1. The summed E-state index contributed by atoms with van der Waals surface area (Å²) >= 11 is 11.6. The number of aliphatic carboxylic acids is 1. The van der Waals surface area contributed by atoms with E-state index in [0.29, 0.717) is 11.6 Å². The van der Waals surface area contributed by atoms with Crippen molar-refractivity contribution in [3.05, 3.63) is 22.3 Å². The summed E-state index contributed by atoms with van der Waals surface area (Å²) in [6.07, 6.45) is 1.37. The van der Waals surface area contributed by atoms with Gasteiger partial charge in [0.2, 0.25) is 5.91 Å². The first kappa shape index (κ1) is 17.7. The maximum atomic E-state index is 11.9. The summed E-state index contributed by atoms with van der Waals surface area (Å²) < 4.78 is 0. The summed E-state index contributed by atoms with van der Waals surface area (Å²) in [4.78, 5) is 28.2. The molecule has 0 saturated heterocycles. The number of pyridine rings is 1. The predicted octanol–water partition coefficient (Wildman–Crippen LogP) is 2.37. The highest BCUT2D eigenvalue weighted by molar-refractivity contribution is 6.36. The first-order valence-corrected chi connectivity index (χ1v) is 7.08. The van der Waals surface area contributed by atoms with Crippen LogP contribution in [0.2, 0.25) is 10.0 Å². The van der Waals surface area contributed by atoms with Crippen LogP contribution < -0.4 is 5.32 Å². The minimum Gasteiger partial charge on any atom is -0.480 e. The number of amides is 1. The van der Waals surface area contributed by atoms with Crippen molar-refractivity contribution in [1.29, 1.82) is 0 Å². The van der Waals surface area contributed by atoms with Gasteiger partial charge in [0.05, 0.1) is 23.1 Å². The number of nitrogens with zero attached hydrogens (tertiary/aromatic N) is 2. The zero-order valence-electron chi connectivity index (χ0n) is 11.8. The second-order valence-corrected chi connectivity index (χ2v) is 5.83. The molecule has 116 valence electrons. The average molecular weight is 334 g/mol. The van der Waals surface area contributed by atoms with E-state index >= 15 is 0 Å². The van der Waals surface area contributed by atoms with Gasteiger partial charge in [-0.3, -0.25) is 14.5 Å². The predicted molar refractivity (Wildman–Crippen MR) is 81.8 cm³/mol. The Balaban J connectivity index is 2.66. The largest absolute Gasteiger partial charge is 0.480 e. The third-order valence-electron chi connectivity index (χ3n) is 2.42. The minimum atomic E-state index is -0.980. The van der Waals surface area contributed by atoms with Crippen molar-refractivity contribution in [3.8, 4) is 0 Å². The third kappa shape index (κ3) is 6.75. The molecule has 8 heteroatoms. The van der Waals surface area contributed by atoms with Gasteiger partial charge < -0.3 is 10.4 Å². The number of rotatable bonds is 7. The Hall–Kier alpha value is -1.37. The Bertz CT molecular complexity index is 523. The first-order chi connectivity index (χ1) is 9.77. The fourth-order valence-electron chi connectivity index (χ4n) is 1.77. The number of halogens is 2. The summed E-state index contributed by atoms with van der Waals surface area (Å²) in [6.45, 7) is 4.15. The maximum absolute atomic E-state index is 11.9. The smallest absolute Gasteiger partial charge is 0.317 e. The van der Waals surface area contributed by atoms with Crippen LogP contribution >= 0.6 is 23.2 Å². The molecule has 0 fully saturated rings. The van der Waals surface area contributed by atoms with Crippen LogP contribution in [0.25, 0.3) is 0 Å². The quantitative estimate of drug-likeness (QED) is 0.800. The van der Waals surface area contributed by atoms with Crippen LogP contribution in [0, 0.1) is 5.92 Å². The third-order valence-corrected chi connectivity index (χ3v) is 2.91. The molecule has 1 rings (SSSR count). The molecule has 1 amide bonds. The molecule has 0 radical (unpaired) electrons. The summed E-state index contributed by atoms with van der Waals surface area (Å²) in [5, 5.41) is 12.0. The number of carbonyl (C=O) groups is 2. The molecule has 0 aliphatic carbocycles. The van der Waals surface area contributed by atoms with Gasteiger partial charge in [-0.25, -0.2) is 4.98 Å². The van der Waals surface area contributed by atoms with Gasteiger partial charge >= 0.3 is 5.97 Å². The number of nitrogens with one attached hydrogen (secondary N) is 1. The Morgan fingerprint density at radius 2 is 2.05 bits per heavy atom. The lowest BCUT2D eigenvalue weighted by Gasteiger charge is -2.21. The van der Waals surface area contributed by atoms with E-state index in [-0.39, 0.29) is 35.8 Å². The van der Waals surface area contributed by atoms with E-state index < -0.39 is 5.97 Å². The molecular formula is C13H17Cl2N3O3. The van der Waals surface area contributed by atoms with E-state index in [1.807, 2.05) is 13.8 Å². The van der Waals surface area contributed by atoms with Gasteiger partial charge in [-0.2, -0.15) is 0 Å². The number of carboxylic acid groups (broad SMARTS) is 1. The maximum Gasteiger partial charge on any atom is 0.317 e. The lowest BCUT2D eigenvalue weighted by molar-refractivity contribution is -0.138. The van der Waals surface area contributed by atoms with Crippen molar-refractivity contribution >= 4 is 40.9 Å². The molecule has 0 unspecified atom stereocenters. The van der Waals surface area contributed by atoms with Crippen LogP contribution in [-0.4, -0.2) is 46.5 Å². The summed E-state index contributed by atoms with van der Waals surface area (Å²) in [6, 6.07) is 1.47. The van der Waals surface area contributed by atoms with Crippen molar-refractivity contribution < 1.29 is 14.7 Å². The molecule has 0 aliphatic rings. The lowest BCUT2D eigenvalue weighted by atomic mass is 10.2. The van der Waals surface area contributed by atoms with E-state index in [1.165, 1.54) is 12.3 Å². The van der Waals surface area contributed by atoms with Crippen LogP contribution in [0.5, 0.6) is 0 Å². The van der Waals surface area contributed by atoms with Gasteiger partial charge in [0.15, 0.2) is 5.82 Å². The van der Waals surface area contributed by atoms with E-state index in [9.17, 15) is 9.59 Å². The molecule has 6 nitrogen and oxygen atoms in total. The highest BCUT2D eigenvalue weighted by Crippen LogP contribution is 2.22. The topological polar surface area (TPSA) is 82.5 Å². The van der Waals surface area contributed by atoms with Gasteiger partial charge in [0.1, 0.15) is 0 Å². The molecule has 0 aromatic carbocycles. The number of aromatic nitrogens is 1. The summed E-state index contributed by atoms with van der Waals surface area (Å²) in [5.74, 6) is -0.917. The summed E-state index contributed by atoms with van der Waals surface area (Å²) in [5.41, 5.74) is 0. The minimum absolute atomic E-state index is 0.0505. The van der Waals surface area contributed by atoms with Gasteiger partial charge in [-0.15, -0.1) is 0 Å². The van der Waals surface area contributed by atoms with Crippen LogP contribution in [0.4, 0.5) is 5.82 Å². The first-order valence-electron chi connectivity index (χ1n) is 6.33. The zero-order chi connectivity index (χ0) is 16.0. The molecule has 0 saturated carbocycles. The van der Waals surface area contributed by atoms with Crippen LogP contribution in [0.3, 0.4) is 0 Å². The van der Waals surface area contributed by atoms with Gasteiger partial charge in [-0.05, 0) is 12.0 Å². The van der Waals surface area contributed by atoms with Crippen LogP contribution in [0.15, 0.2) is 12.3 Å². The highest BCUT2D eigenvalue weighted by Gasteiger charge is 2.16. The zero-order valence-corrected chi connectivity index (χ0v) is 13.3. The molecule has 1 aromatic rings. The second kappa shape index (κ2) is 8.17. The fourth-order valence-corrected chi connectivity index (χ4v) is 2.20. The molecule has 0 spiro atoms. The monoisotopic (exact) mass is 333 g/mol. The lowest BCUT2D eigenvalue weighted by Crippen LogP contribution is -2.39. The number of hydrogen-bond acceptors (Lipinski definition) is 4. The van der Waals surface area contributed by atoms with Gasteiger partial charge in [0, 0.05) is 12.7 Å².